The average molecular weight is 475 g/mol. The first kappa shape index (κ1) is 21.5. The van der Waals surface area contributed by atoms with Crippen LogP contribution in [0.5, 0.6) is 11.5 Å². The number of fused-ring (bicyclic) bond motifs is 1. The second-order valence-electron chi connectivity index (χ2n) is 7.56. The maximum atomic E-state index is 12.7. The highest BCUT2D eigenvalue weighted by Gasteiger charge is 2.20. The van der Waals surface area contributed by atoms with Gasteiger partial charge in [0, 0.05) is 18.8 Å². The molecule has 3 aromatic carbocycles. The SMILES string of the molecule is O=C(CSc1nnc(Nc2ccc(Oc3ccccc3)cc2)s1)N1CCc2ccccc2C1. The Balaban J connectivity index is 1.12. The second-order valence-corrected chi connectivity index (χ2v) is 9.76. The van der Waals surface area contributed by atoms with Crippen LogP contribution >= 0.6 is 23.1 Å². The van der Waals surface area contributed by atoms with Gasteiger partial charge in [0.1, 0.15) is 11.5 Å². The van der Waals surface area contributed by atoms with Crippen LogP contribution in [0.2, 0.25) is 0 Å². The first-order valence-electron chi connectivity index (χ1n) is 10.6. The van der Waals surface area contributed by atoms with Crippen molar-refractivity contribution in [2.45, 2.75) is 17.3 Å². The lowest BCUT2D eigenvalue weighted by molar-refractivity contribution is -0.129. The first-order chi connectivity index (χ1) is 16.2. The number of nitrogens with one attached hydrogen (secondary N) is 1. The minimum atomic E-state index is 0.133. The maximum absolute atomic E-state index is 12.7. The van der Waals surface area contributed by atoms with Gasteiger partial charge in [0.2, 0.25) is 11.0 Å². The predicted molar refractivity (Wildman–Crippen MR) is 132 cm³/mol. The molecule has 5 rings (SSSR count). The summed E-state index contributed by atoms with van der Waals surface area (Å²) < 4.78 is 6.59. The van der Waals surface area contributed by atoms with Crippen molar-refractivity contribution >= 4 is 39.8 Å². The molecule has 4 aromatic rings. The molecule has 1 aromatic heterocycles. The quantitative estimate of drug-likeness (QED) is 0.344. The van der Waals surface area contributed by atoms with Crippen LogP contribution in [-0.4, -0.2) is 33.3 Å². The molecular weight excluding hydrogens is 452 g/mol. The van der Waals surface area contributed by atoms with Crippen molar-refractivity contribution in [3.8, 4) is 11.5 Å². The number of thioether (sulfide) groups is 1. The number of para-hydroxylation sites is 1. The van der Waals surface area contributed by atoms with Crippen molar-refractivity contribution in [1.29, 1.82) is 0 Å². The summed E-state index contributed by atoms with van der Waals surface area (Å²) in [5, 5.41) is 12.4. The minimum Gasteiger partial charge on any atom is -0.457 e. The number of benzene rings is 3. The fraction of sp³-hybridized carbons (Fsp3) is 0.160. The summed E-state index contributed by atoms with van der Waals surface area (Å²) in [6, 6.07) is 25.7. The molecule has 0 saturated heterocycles. The van der Waals surface area contributed by atoms with Gasteiger partial charge in [0.15, 0.2) is 4.34 Å². The van der Waals surface area contributed by atoms with Crippen LogP contribution in [-0.2, 0) is 17.8 Å². The molecule has 6 nitrogen and oxygen atoms in total. The fourth-order valence-corrected chi connectivity index (χ4v) is 5.27. The molecule has 33 heavy (non-hydrogen) atoms. The number of rotatable bonds is 7. The molecular formula is C25H22N4O2S2. The molecule has 1 amide bonds. The van der Waals surface area contributed by atoms with Crippen LogP contribution in [0.1, 0.15) is 11.1 Å². The van der Waals surface area contributed by atoms with Crippen molar-refractivity contribution in [3.05, 3.63) is 90.0 Å². The molecule has 0 saturated carbocycles. The molecule has 0 aliphatic carbocycles. The molecule has 0 fully saturated rings. The first-order valence-corrected chi connectivity index (χ1v) is 12.4. The van der Waals surface area contributed by atoms with E-state index < -0.39 is 0 Å². The van der Waals surface area contributed by atoms with Gasteiger partial charge >= 0.3 is 0 Å². The highest BCUT2D eigenvalue weighted by atomic mass is 32.2. The molecule has 1 aliphatic heterocycles. The van der Waals surface area contributed by atoms with Crippen molar-refractivity contribution in [2.75, 3.05) is 17.6 Å². The van der Waals surface area contributed by atoms with Crippen molar-refractivity contribution in [2.24, 2.45) is 0 Å². The average Bonchev–Trinajstić information content (AvgIpc) is 3.31. The van der Waals surface area contributed by atoms with E-state index in [0.717, 1.165) is 34.5 Å². The van der Waals surface area contributed by atoms with E-state index in [9.17, 15) is 4.79 Å². The Morgan fingerprint density at radius 2 is 1.67 bits per heavy atom. The lowest BCUT2D eigenvalue weighted by Crippen LogP contribution is -2.37. The molecule has 0 spiro atoms. The summed E-state index contributed by atoms with van der Waals surface area (Å²) in [5.41, 5.74) is 3.48. The largest absolute Gasteiger partial charge is 0.457 e. The molecule has 166 valence electrons. The van der Waals surface area contributed by atoms with Gasteiger partial charge in [-0.3, -0.25) is 4.79 Å². The number of hydrogen-bond donors (Lipinski definition) is 1. The zero-order chi connectivity index (χ0) is 22.5. The lowest BCUT2D eigenvalue weighted by Gasteiger charge is -2.28. The minimum absolute atomic E-state index is 0.133. The Morgan fingerprint density at radius 1 is 0.939 bits per heavy atom. The smallest absolute Gasteiger partial charge is 0.233 e. The summed E-state index contributed by atoms with van der Waals surface area (Å²) in [5.74, 6) is 2.06. The number of aromatic nitrogens is 2. The zero-order valence-electron chi connectivity index (χ0n) is 17.8. The van der Waals surface area contributed by atoms with E-state index in [0.29, 0.717) is 17.4 Å². The van der Waals surface area contributed by atoms with Crippen molar-refractivity contribution in [3.63, 3.8) is 0 Å². The van der Waals surface area contributed by atoms with Crippen LogP contribution < -0.4 is 10.1 Å². The van der Waals surface area contributed by atoms with E-state index in [1.165, 1.54) is 34.2 Å². The summed E-state index contributed by atoms with van der Waals surface area (Å²) in [4.78, 5) is 14.6. The summed E-state index contributed by atoms with van der Waals surface area (Å²) in [7, 11) is 0. The standard InChI is InChI=1S/C25H22N4O2S2/c30-23(29-15-14-18-6-4-5-7-19(18)16-29)17-32-25-28-27-24(33-25)26-20-10-12-22(13-11-20)31-21-8-2-1-3-9-21/h1-13H,14-17H2,(H,26,27). The van der Waals surface area contributed by atoms with E-state index in [4.69, 9.17) is 4.74 Å². The van der Waals surface area contributed by atoms with E-state index in [2.05, 4.69) is 33.7 Å². The van der Waals surface area contributed by atoms with Gasteiger partial charge in [-0.25, -0.2) is 0 Å². The van der Waals surface area contributed by atoms with Crippen LogP contribution in [0.15, 0.2) is 83.2 Å². The Hall–Kier alpha value is -3.36. The third-order valence-electron chi connectivity index (χ3n) is 5.29. The third-order valence-corrected chi connectivity index (χ3v) is 7.25. The number of amides is 1. The van der Waals surface area contributed by atoms with Crippen LogP contribution in [0, 0.1) is 0 Å². The molecule has 1 N–H and O–H groups in total. The fourth-order valence-electron chi connectivity index (χ4n) is 3.60. The van der Waals surface area contributed by atoms with Crippen molar-refractivity contribution < 1.29 is 9.53 Å². The number of carbonyl (C=O) groups is 1. The second kappa shape index (κ2) is 10.1. The van der Waals surface area contributed by atoms with Gasteiger partial charge in [0.25, 0.3) is 0 Å². The van der Waals surface area contributed by atoms with E-state index >= 15 is 0 Å². The molecule has 0 radical (unpaired) electrons. The van der Waals surface area contributed by atoms with Gasteiger partial charge < -0.3 is 15.0 Å². The zero-order valence-corrected chi connectivity index (χ0v) is 19.4. The number of anilines is 2. The number of hydrogen-bond acceptors (Lipinski definition) is 7. The third kappa shape index (κ3) is 5.53. The Kier molecular flexibility index (Phi) is 6.55. The highest BCUT2D eigenvalue weighted by molar-refractivity contribution is 8.01. The molecule has 8 heteroatoms. The van der Waals surface area contributed by atoms with Gasteiger partial charge in [0.05, 0.1) is 5.75 Å². The topological polar surface area (TPSA) is 67.3 Å². The van der Waals surface area contributed by atoms with E-state index in [1.54, 1.807) is 0 Å². The monoisotopic (exact) mass is 474 g/mol. The Morgan fingerprint density at radius 3 is 2.48 bits per heavy atom. The molecule has 0 unspecified atom stereocenters. The van der Waals surface area contributed by atoms with Gasteiger partial charge in [-0.2, -0.15) is 0 Å². The predicted octanol–water partition coefficient (Wildman–Crippen LogP) is 5.75. The summed E-state index contributed by atoms with van der Waals surface area (Å²) >= 11 is 2.87. The number of ether oxygens (including phenoxy) is 1. The summed E-state index contributed by atoms with van der Waals surface area (Å²) in [6.07, 6.45) is 0.911. The molecule has 0 atom stereocenters. The van der Waals surface area contributed by atoms with Gasteiger partial charge in [-0.15, -0.1) is 10.2 Å². The highest BCUT2D eigenvalue weighted by Crippen LogP contribution is 2.30. The summed E-state index contributed by atoms with van der Waals surface area (Å²) in [6.45, 7) is 1.45. The Labute approximate surface area is 200 Å². The molecule has 0 bridgehead atoms. The van der Waals surface area contributed by atoms with Gasteiger partial charge in [-0.1, -0.05) is 65.6 Å². The molecule has 1 aliphatic rings. The Bertz CT molecular complexity index is 1230. The van der Waals surface area contributed by atoms with Crippen molar-refractivity contribution in [1.82, 2.24) is 15.1 Å². The number of carbonyl (C=O) groups excluding carboxylic acids is 1. The van der Waals surface area contributed by atoms with Crippen LogP contribution in [0.3, 0.4) is 0 Å². The van der Waals surface area contributed by atoms with Crippen LogP contribution in [0.25, 0.3) is 0 Å². The van der Waals surface area contributed by atoms with E-state index in [-0.39, 0.29) is 5.91 Å². The van der Waals surface area contributed by atoms with Gasteiger partial charge in [-0.05, 0) is 53.9 Å². The molecule has 2 heterocycles. The maximum Gasteiger partial charge on any atom is 0.233 e. The van der Waals surface area contributed by atoms with E-state index in [1.807, 2.05) is 65.6 Å². The normalized spacial score (nSPS) is 12.8. The lowest BCUT2D eigenvalue weighted by atomic mass is 10.00. The number of nitrogens with zero attached hydrogens (tertiary/aromatic N) is 3. The van der Waals surface area contributed by atoms with Crippen LogP contribution in [0.4, 0.5) is 10.8 Å².